The molecule has 1 saturated carbocycles. The van der Waals surface area contributed by atoms with Crippen molar-refractivity contribution in [3.05, 3.63) is 40.1 Å². The smallest absolute Gasteiger partial charge is 0.180 e. The summed E-state index contributed by atoms with van der Waals surface area (Å²) in [5.74, 6) is 1.05. The molecule has 0 saturated heterocycles. The first-order valence-corrected chi connectivity index (χ1v) is 7.83. The largest absolute Gasteiger partial charge is 0.375 e. The molecule has 102 valence electrons. The lowest BCUT2D eigenvalue weighted by Crippen LogP contribution is -2.03. The van der Waals surface area contributed by atoms with E-state index in [1.165, 1.54) is 24.2 Å². The molecule has 0 unspecified atom stereocenters. The fraction of sp³-hybridized carbons (Fsp3) is 0.286. The molecule has 1 aromatic carbocycles. The lowest BCUT2D eigenvalue weighted by Gasteiger charge is -2.06. The summed E-state index contributed by atoms with van der Waals surface area (Å²) >= 11 is 7.53. The molecule has 4 rings (SSSR count). The molecule has 1 fully saturated rings. The third-order valence-electron chi connectivity index (χ3n) is 3.55. The molecule has 2 heterocycles. The summed E-state index contributed by atoms with van der Waals surface area (Å²) in [6.07, 6.45) is 3.16. The Labute approximate surface area is 125 Å². The van der Waals surface area contributed by atoms with Gasteiger partial charge < -0.3 is 10.3 Å². The number of nitrogens with zero attached hydrogens (tertiary/aromatic N) is 3. The van der Waals surface area contributed by atoms with Crippen LogP contribution in [0.15, 0.2) is 23.6 Å². The van der Waals surface area contributed by atoms with E-state index in [0.29, 0.717) is 11.2 Å². The Kier molecular flexibility index (Phi) is 2.72. The summed E-state index contributed by atoms with van der Waals surface area (Å²) in [6.45, 7) is 0. The van der Waals surface area contributed by atoms with E-state index in [-0.39, 0.29) is 0 Å². The molecule has 0 bridgehead atoms. The topological polar surface area (TPSA) is 56.7 Å². The number of benzene rings is 1. The van der Waals surface area contributed by atoms with Crippen molar-refractivity contribution in [3.63, 3.8) is 0 Å². The van der Waals surface area contributed by atoms with Gasteiger partial charge in [0.1, 0.15) is 5.82 Å². The number of nitrogens with two attached hydrogens (primary N) is 1. The highest BCUT2D eigenvalue weighted by Gasteiger charge is 2.28. The summed E-state index contributed by atoms with van der Waals surface area (Å²) in [5.41, 5.74) is 8.81. The quantitative estimate of drug-likeness (QED) is 0.803. The first-order valence-electron chi connectivity index (χ1n) is 6.57. The van der Waals surface area contributed by atoms with Gasteiger partial charge in [0.15, 0.2) is 5.13 Å². The van der Waals surface area contributed by atoms with Crippen LogP contribution in [0.2, 0.25) is 5.02 Å². The van der Waals surface area contributed by atoms with Gasteiger partial charge in [-0.15, -0.1) is 11.3 Å². The van der Waals surface area contributed by atoms with Crippen LogP contribution >= 0.6 is 22.9 Å². The van der Waals surface area contributed by atoms with Crippen molar-refractivity contribution in [3.8, 4) is 0 Å². The Morgan fingerprint density at radius 2 is 2.20 bits per heavy atom. The van der Waals surface area contributed by atoms with Crippen molar-refractivity contribution in [2.75, 3.05) is 5.73 Å². The number of imidazole rings is 1. The Bertz CT molecular complexity index is 788. The van der Waals surface area contributed by atoms with Gasteiger partial charge in [-0.25, -0.2) is 9.97 Å². The molecule has 1 aliphatic rings. The zero-order chi connectivity index (χ0) is 13.7. The number of hydrogen-bond acceptors (Lipinski definition) is 4. The minimum Gasteiger partial charge on any atom is -0.375 e. The number of hydrogen-bond donors (Lipinski definition) is 1. The maximum atomic E-state index is 6.06. The maximum Gasteiger partial charge on any atom is 0.180 e. The van der Waals surface area contributed by atoms with Gasteiger partial charge in [0.25, 0.3) is 0 Å². The van der Waals surface area contributed by atoms with E-state index in [0.717, 1.165) is 34.0 Å². The predicted molar refractivity (Wildman–Crippen MR) is 82.3 cm³/mol. The van der Waals surface area contributed by atoms with Gasteiger partial charge in [0, 0.05) is 22.9 Å². The summed E-state index contributed by atoms with van der Waals surface area (Å²) in [4.78, 5) is 9.07. The molecule has 0 aliphatic heterocycles. The maximum absolute atomic E-state index is 6.06. The fourth-order valence-corrected chi connectivity index (χ4v) is 3.28. The monoisotopic (exact) mass is 304 g/mol. The van der Waals surface area contributed by atoms with Gasteiger partial charge >= 0.3 is 0 Å². The van der Waals surface area contributed by atoms with Gasteiger partial charge in [-0.2, -0.15) is 0 Å². The van der Waals surface area contributed by atoms with E-state index in [1.807, 2.05) is 17.5 Å². The van der Waals surface area contributed by atoms with Gasteiger partial charge in [0.2, 0.25) is 0 Å². The first-order chi connectivity index (χ1) is 9.70. The van der Waals surface area contributed by atoms with Crippen LogP contribution < -0.4 is 5.73 Å². The summed E-state index contributed by atoms with van der Waals surface area (Å²) in [7, 11) is 0. The minimum atomic E-state index is 0.576. The zero-order valence-corrected chi connectivity index (χ0v) is 12.3. The predicted octanol–water partition coefficient (Wildman–Crippen LogP) is 3.65. The average Bonchev–Trinajstić information content (AvgIpc) is 3.07. The van der Waals surface area contributed by atoms with Crippen LogP contribution in [0.3, 0.4) is 0 Å². The molecular weight excluding hydrogens is 292 g/mol. The average molecular weight is 305 g/mol. The Balaban J connectivity index is 1.83. The normalized spacial score (nSPS) is 15.1. The van der Waals surface area contributed by atoms with Crippen LogP contribution in [-0.2, 0) is 6.42 Å². The number of rotatable bonds is 3. The SMILES string of the molecule is Nc1nc(Cc2nc3cc(Cl)ccc3n2C2CC2)cs1. The Hall–Kier alpha value is -1.59. The second-order valence-electron chi connectivity index (χ2n) is 5.12. The number of halogens is 1. The minimum absolute atomic E-state index is 0.576. The third-order valence-corrected chi connectivity index (χ3v) is 4.50. The van der Waals surface area contributed by atoms with Crippen molar-refractivity contribution >= 4 is 39.1 Å². The summed E-state index contributed by atoms with van der Waals surface area (Å²) < 4.78 is 2.33. The number of aromatic nitrogens is 3. The van der Waals surface area contributed by atoms with Crippen molar-refractivity contribution < 1.29 is 0 Å². The van der Waals surface area contributed by atoms with Crippen molar-refractivity contribution in [2.24, 2.45) is 0 Å². The molecular formula is C14H13ClN4S. The van der Waals surface area contributed by atoms with Crippen LogP contribution in [0.4, 0.5) is 5.13 Å². The standard InChI is InChI=1S/C14H13ClN4S/c15-8-1-4-12-11(5-8)18-13(19(12)10-2-3-10)6-9-7-20-14(16)17-9/h1,4-5,7,10H,2-3,6H2,(H2,16,17). The Morgan fingerprint density at radius 1 is 1.35 bits per heavy atom. The number of fused-ring (bicyclic) bond motifs is 1. The first kappa shape index (κ1) is 12.2. The van der Waals surface area contributed by atoms with Crippen molar-refractivity contribution in [2.45, 2.75) is 25.3 Å². The summed E-state index contributed by atoms with van der Waals surface area (Å²) in [5, 5.41) is 3.33. The van der Waals surface area contributed by atoms with E-state index in [1.54, 1.807) is 0 Å². The fourth-order valence-electron chi connectivity index (χ4n) is 2.55. The van der Waals surface area contributed by atoms with Gasteiger partial charge in [-0.3, -0.25) is 0 Å². The van der Waals surface area contributed by atoms with E-state index >= 15 is 0 Å². The molecule has 0 atom stereocenters. The van der Waals surface area contributed by atoms with E-state index in [9.17, 15) is 0 Å². The lowest BCUT2D eigenvalue weighted by atomic mass is 10.3. The molecule has 0 radical (unpaired) electrons. The molecule has 20 heavy (non-hydrogen) atoms. The van der Waals surface area contributed by atoms with Crippen LogP contribution in [0, 0.1) is 0 Å². The van der Waals surface area contributed by atoms with Gasteiger partial charge in [-0.1, -0.05) is 11.6 Å². The van der Waals surface area contributed by atoms with Crippen molar-refractivity contribution in [1.29, 1.82) is 0 Å². The molecule has 6 heteroatoms. The number of anilines is 1. The molecule has 1 aliphatic carbocycles. The van der Waals surface area contributed by atoms with Gasteiger partial charge in [-0.05, 0) is 31.0 Å². The summed E-state index contributed by atoms with van der Waals surface area (Å²) in [6, 6.07) is 6.48. The van der Waals surface area contributed by atoms with Crippen molar-refractivity contribution in [1.82, 2.24) is 14.5 Å². The van der Waals surface area contributed by atoms with E-state index in [2.05, 4.69) is 15.6 Å². The number of nitrogen functional groups attached to an aromatic ring is 1. The Morgan fingerprint density at radius 3 is 2.90 bits per heavy atom. The number of thiazole rings is 1. The third kappa shape index (κ3) is 2.07. The van der Waals surface area contributed by atoms with Gasteiger partial charge in [0.05, 0.1) is 16.7 Å². The molecule has 2 N–H and O–H groups in total. The highest BCUT2D eigenvalue weighted by Crippen LogP contribution is 2.39. The highest BCUT2D eigenvalue weighted by molar-refractivity contribution is 7.13. The van der Waals surface area contributed by atoms with E-state index in [4.69, 9.17) is 22.3 Å². The van der Waals surface area contributed by atoms with Crippen LogP contribution in [0.5, 0.6) is 0 Å². The second kappa shape index (κ2) is 4.46. The highest BCUT2D eigenvalue weighted by atomic mass is 35.5. The van der Waals surface area contributed by atoms with Crippen LogP contribution in [-0.4, -0.2) is 14.5 Å². The molecule has 0 spiro atoms. The molecule has 0 amide bonds. The van der Waals surface area contributed by atoms with Crippen LogP contribution in [0.1, 0.15) is 30.4 Å². The zero-order valence-electron chi connectivity index (χ0n) is 10.7. The van der Waals surface area contributed by atoms with E-state index < -0.39 is 0 Å². The molecule has 2 aromatic heterocycles. The van der Waals surface area contributed by atoms with Crippen LogP contribution in [0.25, 0.3) is 11.0 Å². The molecule has 3 aromatic rings. The lowest BCUT2D eigenvalue weighted by molar-refractivity contribution is 0.713. The molecule has 4 nitrogen and oxygen atoms in total. The second-order valence-corrected chi connectivity index (χ2v) is 6.44.